The van der Waals surface area contributed by atoms with Gasteiger partial charge in [-0.25, -0.2) is 0 Å². The van der Waals surface area contributed by atoms with Crippen LogP contribution in [0.5, 0.6) is 0 Å². The van der Waals surface area contributed by atoms with Crippen LogP contribution in [0.4, 0.5) is 0 Å². The Hall–Kier alpha value is -0.220. The molecule has 1 unspecified atom stereocenters. The summed E-state index contributed by atoms with van der Waals surface area (Å²) < 4.78 is 0. The number of nitrogens with one attached hydrogen (secondary N) is 1. The third kappa shape index (κ3) is 1.83. The van der Waals surface area contributed by atoms with E-state index in [0.29, 0.717) is 11.9 Å². The third-order valence-corrected chi connectivity index (χ3v) is 3.97. The molecule has 2 fully saturated rings. The Kier molecular flexibility index (Phi) is 2.79. The molecule has 0 aromatic carbocycles. The average Bonchev–Trinajstić information content (AvgIpc) is 2.01. The van der Waals surface area contributed by atoms with Crippen LogP contribution in [0.15, 0.2) is 0 Å². The van der Waals surface area contributed by atoms with Crippen LogP contribution in [0.25, 0.3) is 0 Å². The molecule has 2 aliphatic heterocycles. The molecule has 2 rings (SSSR count). The predicted molar refractivity (Wildman–Crippen MR) is 54.9 cm³/mol. The molecule has 74 valence electrons. The van der Waals surface area contributed by atoms with Crippen LogP contribution in [0, 0.1) is 5.92 Å². The Morgan fingerprint density at radius 2 is 2.31 bits per heavy atom. The van der Waals surface area contributed by atoms with Gasteiger partial charge in [0.2, 0.25) is 5.91 Å². The summed E-state index contributed by atoms with van der Waals surface area (Å²) in [6, 6.07) is 0.437. The fraction of sp³-hybridized carbons (Fsp3) is 0.889. The van der Waals surface area contributed by atoms with Crippen LogP contribution in [-0.2, 0) is 4.79 Å². The number of hydrogen-bond acceptors (Lipinski definition) is 3. The lowest BCUT2D eigenvalue weighted by Crippen LogP contribution is -2.55. The van der Waals surface area contributed by atoms with Crippen molar-refractivity contribution < 1.29 is 4.79 Å². The smallest absolute Gasteiger partial charge is 0.228 e. The molecule has 0 aromatic heterocycles. The molecule has 0 bridgehead atoms. The van der Waals surface area contributed by atoms with Crippen LogP contribution >= 0.6 is 11.8 Å². The summed E-state index contributed by atoms with van der Waals surface area (Å²) in [4.78, 5) is 13.9. The molecular formula is C9H16N2OS. The first-order valence-electron chi connectivity index (χ1n) is 4.88. The maximum Gasteiger partial charge on any atom is 0.228 e. The zero-order valence-corrected chi connectivity index (χ0v) is 8.77. The minimum atomic E-state index is 0.269. The number of hydrogen-bond donors (Lipinski definition) is 1. The maximum absolute atomic E-state index is 11.9. The van der Waals surface area contributed by atoms with Gasteiger partial charge in [-0.05, 0) is 6.92 Å². The van der Waals surface area contributed by atoms with Crippen LogP contribution in [0.3, 0.4) is 0 Å². The first-order valence-corrected chi connectivity index (χ1v) is 6.03. The van der Waals surface area contributed by atoms with Crippen LogP contribution < -0.4 is 5.32 Å². The average molecular weight is 200 g/mol. The summed E-state index contributed by atoms with van der Waals surface area (Å²) in [5.74, 6) is 2.85. The van der Waals surface area contributed by atoms with Gasteiger partial charge in [0, 0.05) is 37.2 Å². The summed E-state index contributed by atoms with van der Waals surface area (Å²) in [7, 11) is 0. The minimum absolute atomic E-state index is 0.269. The van der Waals surface area contributed by atoms with Gasteiger partial charge in [0.25, 0.3) is 0 Å². The molecule has 13 heavy (non-hydrogen) atoms. The molecule has 3 nitrogen and oxygen atoms in total. The SMILES string of the molecule is CC1CSCCN1C(=O)C1CNC1. The molecule has 0 aliphatic carbocycles. The largest absolute Gasteiger partial charge is 0.338 e. The van der Waals surface area contributed by atoms with Crippen molar-refractivity contribution in [2.24, 2.45) is 5.92 Å². The Balaban J connectivity index is 1.93. The number of carbonyl (C=O) groups is 1. The fourth-order valence-corrected chi connectivity index (χ4v) is 2.77. The molecule has 0 spiro atoms. The van der Waals surface area contributed by atoms with Crippen molar-refractivity contribution in [3.63, 3.8) is 0 Å². The number of carbonyl (C=O) groups excluding carboxylic acids is 1. The molecule has 0 saturated carbocycles. The van der Waals surface area contributed by atoms with E-state index >= 15 is 0 Å². The van der Waals surface area contributed by atoms with Gasteiger partial charge in [-0.3, -0.25) is 4.79 Å². The molecule has 1 amide bonds. The van der Waals surface area contributed by atoms with Gasteiger partial charge in [-0.2, -0.15) is 11.8 Å². The third-order valence-electron chi connectivity index (χ3n) is 2.78. The monoisotopic (exact) mass is 200 g/mol. The first-order chi connectivity index (χ1) is 6.29. The summed E-state index contributed by atoms with van der Waals surface area (Å²) in [6.07, 6.45) is 0. The van der Waals surface area contributed by atoms with Gasteiger partial charge in [-0.15, -0.1) is 0 Å². The van der Waals surface area contributed by atoms with E-state index in [0.717, 1.165) is 31.1 Å². The van der Waals surface area contributed by atoms with Crippen molar-refractivity contribution in [1.29, 1.82) is 0 Å². The molecule has 4 heteroatoms. The van der Waals surface area contributed by atoms with E-state index in [2.05, 4.69) is 17.1 Å². The molecule has 1 N–H and O–H groups in total. The topological polar surface area (TPSA) is 32.3 Å². The maximum atomic E-state index is 11.9. The van der Waals surface area contributed by atoms with E-state index < -0.39 is 0 Å². The second-order valence-electron chi connectivity index (χ2n) is 3.81. The number of rotatable bonds is 1. The molecule has 2 heterocycles. The highest BCUT2D eigenvalue weighted by Gasteiger charge is 2.32. The van der Waals surface area contributed by atoms with E-state index in [9.17, 15) is 4.79 Å². The quantitative estimate of drug-likeness (QED) is 0.655. The first kappa shape index (κ1) is 9.34. The lowest BCUT2D eigenvalue weighted by molar-refractivity contribution is -0.138. The normalized spacial score (nSPS) is 29.9. The number of nitrogens with zero attached hydrogens (tertiary/aromatic N) is 1. The highest BCUT2D eigenvalue weighted by molar-refractivity contribution is 7.99. The van der Waals surface area contributed by atoms with Crippen LogP contribution in [0.1, 0.15) is 6.92 Å². The van der Waals surface area contributed by atoms with E-state index in [1.165, 1.54) is 0 Å². The van der Waals surface area contributed by atoms with E-state index in [1.54, 1.807) is 0 Å². The van der Waals surface area contributed by atoms with Crippen molar-refractivity contribution in [1.82, 2.24) is 10.2 Å². The predicted octanol–water partition coefficient (Wildman–Crippen LogP) is 0.170. The highest BCUT2D eigenvalue weighted by Crippen LogP contribution is 2.19. The summed E-state index contributed by atoms with van der Waals surface area (Å²) >= 11 is 1.95. The second-order valence-corrected chi connectivity index (χ2v) is 4.96. The molecule has 2 aliphatic rings. The van der Waals surface area contributed by atoms with E-state index in [-0.39, 0.29) is 5.92 Å². The van der Waals surface area contributed by atoms with Gasteiger partial charge >= 0.3 is 0 Å². The Labute approximate surface area is 83.2 Å². The van der Waals surface area contributed by atoms with Crippen molar-refractivity contribution in [2.75, 3.05) is 31.1 Å². The molecule has 2 saturated heterocycles. The molecule has 0 radical (unpaired) electrons. The van der Waals surface area contributed by atoms with Crippen molar-refractivity contribution in [3.05, 3.63) is 0 Å². The zero-order chi connectivity index (χ0) is 9.26. The van der Waals surface area contributed by atoms with Gasteiger partial charge in [0.05, 0.1) is 5.92 Å². The van der Waals surface area contributed by atoms with Crippen molar-refractivity contribution in [2.45, 2.75) is 13.0 Å². The highest BCUT2D eigenvalue weighted by atomic mass is 32.2. The van der Waals surface area contributed by atoms with Crippen LogP contribution in [-0.4, -0.2) is 48.0 Å². The molecule has 0 aromatic rings. The minimum Gasteiger partial charge on any atom is -0.338 e. The van der Waals surface area contributed by atoms with E-state index in [4.69, 9.17) is 0 Å². The Bertz CT molecular complexity index is 206. The lowest BCUT2D eigenvalue weighted by Gasteiger charge is -2.38. The van der Waals surface area contributed by atoms with Crippen molar-refractivity contribution >= 4 is 17.7 Å². The summed E-state index contributed by atoms with van der Waals surface area (Å²) in [5.41, 5.74) is 0. The lowest BCUT2D eigenvalue weighted by atomic mass is 10.0. The fourth-order valence-electron chi connectivity index (χ4n) is 1.75. The van der Waals surface area contributed by atoms with Gasteiger partial charge in [0.1, 0.15) is 0 Å². The van der Waals surface area contributed by atoms with E-state index in [1.807, 2.05) is 11.8 Å². The number of thioether (sulfide) groups is 1. The Morgan fingerprint density at radius 1 is 1.54 bits per heavy atom. The second kappa shape index (κ2) is 3.88. The molecular weight excluding hydrogens is 184 g/mol. The van der Waals surface area contributed by atoms with Gasteiger partial charge in [0.15, 0.2) is 0 Å². The van der Waals surface area contributed by atoms with Crippen molar-refractivity contribution in [3.8, 4) is 0 Å². The number of amides is 1. The molecule has 1 atom stereocenters. The Morgan fingerprint density at radius 3 is 2.85 bits per heavy atom. The zero-order valence-electron chi connectivity index (χ0n) is 7.95. The summed E-state index contributed by atoms with van der Waals surface area (Å²) in [5, 5.41) is 3.14. The van der Waals surface area contributed by atoms with Crippen LogP contribution in [0.2, 0.25) is 0 Å². The summed E-state index contributed by atoms with van der Waals surface area (Å²) in [6.45, 7) is 4.86. The van der Waals surface area contributed by atoms with Gasteiger partial charge < -0.3 is 10.2 Å². The van der Waals surface area contributed by atoms with Gasteiger partial charge in [-0.1, -0.05) is 0 Å². The standard InChI is InChI=1S/C9H16N2OS/c1-7-6-13-3-2-11(7)9(12)8-4-10-5-8/h7-8,10H,2-6H2,1H3.